The molecule has 1 atom stereocenters. The normalized spacial score (nSPS) is 14.3. The van der Waals surface area contributed by atoms with Crippen molar-refractivity contribution < 1.29 is 14.6 Å². The largest absolute Gasteiger partial charge is 0.479 e. The highest BCUT2D eigenvalue weighted by Gasteiger charge is 2.23. The van der Waals surface area contributed by atoms with Crippen LogP contribution < -0.4 is 0 Å². The zero-order chi connectivity index (χ0) is 9.78. The second-order valence-electron chi connectivity index (χ2n) is 3.53. The summed E-state index contributed by atoms with van der Waals surface area (Å²) in [6.45, 7) is 5.53. The molecule has 0 aromatic rings. The van der Waals surface area contributed by atoms with E-state index in [1.165, 1.54) is 0 Å². The lowest BCUT2D eigenvalue weighted by Gasteiger charge is -2.24. The maximum atomic E-state index is 10.6. The molecular formula is C8H15BrO3. The Morgan fingerprint density at radius 3 is 2.33 bits per heavy atom. The number of carboxylic acids is 1. The number of carboxylic acid groups (broad SMARTS) is 1. The first-order chi connectivity index (χ1) is 5.37. The highest BCUT2D eigenvalue weighted by atomic mass is 79.9. The van der Waals surface area contributed by atoms with Gasteiger partial charge in [0.15, 0.2) is 6.10 Å². The van der Waals surface area contributed by atoms with Crippen LogP contribution in [0.1, 0.15) is 27.2 Å². The summed E-state index contributed by atoms with van der Waals surface area (Å²) in [5.41, 5.74) is -0.398. The molecule has 1 unspecified atom stereocenters. The van der Waals surface area contributed by atoms with Gasteiger partial charge in [-0.15, -0.1) is 0 Å². The molecule has 0 bridgehead atoms. The number of aliphatic carboxylic acids is 1. The maximum Gasteiger partial charge on any atom is 0.332 e. The molecule has 0 aliphatic heterocycles. The Morgan fingerprint density at radius 1 is 1.58 bits per heavy atom. The fourth-order valence-electron chi connectivity index (χ4n) is 0.759. The smallest absolute Gasteiger partial charge is 0.332 e. The Balaban J connectivity index is 4.05. The summed E-state index contributed by atoms with van der Waals surface area (Å²) in [7, 11) is 0. The van der Waals surface area contributed by atoms with Crippen LogP contribution >= 0.6 is 15.9 Å². The quantitative estimate of drug-likeness (QED) is 0.763. The summed E-state index contributed by atoms with van der Waals surface area (Å²) in [5, 5.41) is 9.36. The molecule has 3 nitrogen and oxygen atoms in total. The molecule has 0 fully saturated rings. The number of ether oxygens (including phenoxy) is 1. The van der Waals surface area contributed by atoms with Gasteiger partial charge in [0.25, 0.3) is 0 Å². The minimum atomic E-state index is -0.899. The van der Waals surface area contributed by atoms with Gasteiger partial charge >= 0.3 is 5.97 Å². The van der Waals surface area contributed by atoms with Crippen molar-refractivity contribution in [2.45, 2.75) is 38.9 Å². The maximum absolute atomic E-state index is 10.6. The molecule has 0 aliphatic rings. The van der Waals surface area contributed by atoms with Gasteiger partial charge in [-0.3, -0.25) is 0 Å². The lowest BCUT2D eigenvalue weighted by atomic mass is 10.1. The van der Waals surface area contributed by atoms with Crippen molar-refractivity contribution in [2.75, 3.05) is 5.33 Å². The van der Waals surface area contributed by atoms with E-state index in [9.17, 15) is 4.79 Å². The fourth-order valence-corrected chi connectivity index (χ4v) is 1.17. The lowest BCUT2D eigenvalue weighted by molar-refractivity contribution is -0.159. The molecule has 1 N–H and O–H groups in total. The molecular weight excluding hydrogens is 224 g/mol. The molecule has 72 valence electrons. The molecule has 0 amide bonds. The molecule has 4 heteroatoms. The zero-order valence-corrected chi connectivity index (χ0v) is 9.22. The van der Waals surface area contributed by atoms with Gasteiger partial charge in [0, 0.05) is 5.33 Å². The van der Waals surface area contributed by atoms with Crippen LogP contribution in [0.2, 0.25) is 0 Å². The second kappa shape index (κ2) is 4.82. The Hall–Kier alpha value is -0.0900. The van der Waals surface area contributed by atoms with Crippen molar-refractivity contribution >= 4 is 21.9 Å². The van der Waals surface area contributed by atoms with Gasteiger partial charge < -0.3 is 9.84 Å². The van der Waals surface area contributed by atoms with Crippen LogP contribution in [0.3, 0.4) is 0 Å². The van der Waals surface area contributed by atoms with Gasteiger partial charge in [0.05, 0.1) is 5.60 Å². The molecule has 0 saturated heterocycles. The molecule has 0 rings (SSSR count). The Labute approximate surface area is 81.2 Å². The van der Waals surface area contributed by atoms with Crippen LogP contribution in [-0.4, -0.2) is 28.1 Å². The van der Waals surface area contributed by atoms with Crippen molar-refractivity contribution in [1.82, 2.24) is 0 Å². The van der Waals surface area contributed by atoms with Crippen LogP contribution in [0, 0.1) is 0 Å². The van der Waals surface area contributed by atoms with Crippen molar-refractivity contribution in [3.8, 4) is 0 Å². The molecule has 0 radical (unpaired) electrons. The van der Waals surface area contributed by atoms with Crippen LogP contribution in [0.15, 0.2) is 0 Å². The van der Waals surface area contributed by atoms with Gasteiger partial charge in [-0.1, -0.05) is 15.9 Å². The molecule has 0 spiro atoms. The van der Waals surface area contributed by atoms with E-state index in [4.69, 9.17) is 9.84 Å². The summed E-state index contributed by atoms with van der Waals surface area (Å²) in [4.78, 5) is 10.6. The third-order valence-corrected chi connectivity index (χ3v) is 1.60. The number of carbonyl (C=O) groups is 1. The monoisotopic (exact) mass is 238 g/mol. The van der Waals surface area contributed by atoms with E-state index in [0.29, 0.717) is 11.8 Å². The summed E-state index contributed by atoms with van der Waals surface area (Å²) in [6.07, 6.45) is -0.212. The van der Waals surface area contributed by atoms with Crippen molar-refractivity contribution in [3.63, 3.8) is 0 Å². The Kier molecular flexibility index (Phi) is 4.78. The average molecular weight is 239 g/mol. The number of rotatable bonds is 4. The minimum absolute atomic E-state index is 0.398. The zero-order valence-electron chi connectivity index (χ0n) is 7.63. The van der Waals surface area contributed by atoms with Crippen LogP contribution in [0.5, 0.6) is 0 Å². The van der Waals surface area contributed by atoms with E-state index in [2.05, 4.69) is 15.9 Å². The second-order valence-corrected chi connectivity index (χ2v) is 4.33. The molecule has 12 heavy (non-hydrogen) atoms. The number of hydrogen-bond acceptors (Lipinski definition) is 2. The summed E-state index contributed by atoms with van der Waals surface area (Å²) < 4.78 is 5.31. The van der Waals surface area contributed by atoms with E-state index < -0.39 is 17.7 Å². The highest BCUT2D eigenvalue weighted by molar-refractivity contribution is 9.09. The van der Waals surface area contributed by atoms with Crippen molar-refractivity contribution in [2.24, 2.45) is 0 Å². The fraction of sp³-hybridized carbons (Fsp3) is 0.875. The van der Waals surface area contributed by atoms with Gasteiger partial charge in [-0.2, -0.15) is 0 Å². The molecule has 0 aliphatic carbocycles. The number of hydrogen-bond donors (Lipinski definition) is 1. The van der Waals surface area contributed by atoms with E-state index >= 15 is 0 Å². The topological polar surface area (TPSA) is 46.5 Å². The van der Waals surface area contributed by atoms with Crippen LogP contribution in [-0.2, 0) is 9.53 Å². The molecule has 0 aromatic heterocycles. The summed E-state index contributed by atoms with van der Waals surface area (Å²) in [5.74, 6) is -0.899. The van der Waals surface area contributed by atoms with Crippen LogP contribution in [0.25, 0.3) is 0 Å². The summed E-state index contributed by atoms with van der Waals surface area (Å²) in [6, 6.07) is 0. The molecule has 0 saturated carbocycles. The predicted molar refractivity (Wildman–Crippen MR) is 50.7 cm³/mol. The van der Waals surface area contributed by atoms with E-state index in [0.717, 1.165) is 0 Å². The first-order valence-corrected chi connectivity index (χ1v) is 4.95. The lowest BCUT2D eigenvalue weighted by Crippen LogP contribution is -2.33. The molecule has 0 aromatic carbocycles. The van der Waals surface area contributed by atoms with Gasteiger partial charge in [0.1, 0.15) is 0 Å². The highest BCUT2D eigenvalue weighted by Crippen LogP contribution is 2.13. The minimum Gasteiger partial charge on any atom is -0.479 e. The van der Waals surface area contributed by atoms with Crippen molar-refractivity contribution in [1.29, 1.82) is 0 Å². The standard InChI is InChI=1S/C8H15BrO3/c1-8(2,3)12-6(4-5-9)7(10)11/h6H,4-5H2,1-3H3,(H,10,11). The molecule has 0 heterocycles. The van der Waals surface area contributed by atoms with Gasteiger partial charge in [-0.05, 0) is 27.2 Å². The van der Waals surface area contributed by atoms with E-state index in [1.807, 2.05) is 20.8 Å². The number of alkyl halides is 1. The van der Waals surface area contributed by atoms with E-state index in [1.54, 1.807) is 0 Å². The van der Waals surface area contributed by atoms with E-state index in [-0.39, 0.29) is 0 Å². The Morgan fingerprint density at radius 2 is 2.08 bits per heavy atom. The predicted octanol–water partition coefficient (Wildman–Crippen LogP) is 2.04. The number of halogens is 1. The SMILES string of the molecule is CC(C)(C)OC(CCBr)C(=O)O. The van der Waals surface area contributed by atoms with Crippen molar-refractivity contribution in [3.05, 3.63) is 0 Å². The van der Waals surface area contributed by atoms with Gasteiger partial charge in [0.2, 0.25) is 0 Å². The first-order valence-electron chi connectivity index (χ1n) is 3.83. The Bertz CT molecular complexity index is 151. The first kappa shape index (κ1) is 11.9. The third kappa shape index (κ3) is 5.55. The summed E-state index contributed by atoms with van der Waals surface area (Å²) >= 11 is 3.18. The van der Waals surface area contributed by atoms with Gasteiger partial charge in [-0.25, -0.2) is 4.79 Å². The van der Waals surface area contributed by atoms with Crippen LogP contribution in [0.4, 0.5) is 0 Å². The third-order valence-electron chi connectivity index (χ3n) is 1.14. The average Bonchev–Trinajstić information content (AvgIpc) is 1.83.